The van der Waals surface area contributed by atoms with E-state index in [1.54, 1.807) is 0 Å². The van der Waals surface area contributed by atoms with Gasteiger partial charge in [-0.15, -0.1) is 0 Å². The van der Waals surface area contributed by atoms with E-state index in [0.717, 1.165) is 12.0 Å². The first-order valence-electron chi connectivity index (χ1n) is 7.78. The Kier molecular flexibility index (Phi) is 5.30. The smallest absolute Gasteiger partial charge is 0.000663 e. The number of hydrogen-bond acceptors (Lipinski definition) is 2. The molecule has 1 N–H and O–H groups in total. The van der Waals surface area contributed by atoms with Gasteiger partial charge in [0.1, 0.15) is 0 Å². The van der Waals surface area contributed by atoms with Crippen LogP contribution in [0, 0.1) is 5.41 Å². The van der Waals surface area contributed by atoms with Crippen LogP contribution in [0.3, 0.4) is 0 Å². The van der Waals surface area contributed by atoms with Gasteiger partial charge in [-0.3, -0.25) is 0 Å². The first-order chi connectivity index (χ1) is 8.35. The summed E-state index contributed by atoms with van der Waals surface area (Å²) in [5.41, 5.74) is 0.774. The van der Waals surface area contributed by atoms with Crippen LogP contribution in [0.2, 0.25) is 0 Å². The molecule has 2 rings (SSSR count). The van der Waals surface area contributed by atoms with E-state index in [9.17, 15) is 0 Å². The average Bonchev–Trinajstić information content (AvgIpc) is 2.38. The van der Waals surface area contributed by atoms with E-state index in [0.29, 0.717) is 0 Å². The van der Waals surface area contributed by atoms with Crippen LogP contribution in [-0.2, 0) is 0 Å². The highest BCUT2D eigenvalue weighted by atomic mass is 15.1. The summed E-state index contributed by atoms with van der Waals surface area (Å²) in [4.78, 5) is 2.69. The van der Waals surface area contributed by atoms with Crippen molar-refractivity contribution in [3.8, 4) is 0 Å². The second kappa shape index (κ2) is 6.75. The van der Waals surface area contributed by atoms with Gasteiger partial charge in [0.25, 0.3) is 0 Å². The molecular formula is C15H30N2. The molecule has 0 atom stereocenters. The van der Waals surface area contributed by atoms with E-state index in [1.165, 1.54) is 77.5 Å². The molecule has 1 aliphatic heterocycles. The Hall–Kier alpha value is -0.0800. The number of nitrogens with zero attached hydrogens (tertiary/aromatic N) is 1. The summed E-state index contributed by atoms with van der Waals surface area (Å²) in [7, 11) is 0. The Morgan fingerprint density at radius 1 is 1.00 bits per heavy atom. The van der Waals surface area contributed by atoms with Crippen LogP contribution in [0.5, 0.6) is 0 Å². The normalized spacial score (nSPS) is 25.2. The van der Waals surface area contributed by atoms with Gasteiger partial charge < -0.3 is 10.2 Å². The largest absolute Gasteiger partial charge is 0.317 e. The van der Waals surface area contributed by atoms with E-state index in [-0.39, 0.29) is 0 Å². The zero-order valence-electron chi connectivity index (χ0n) is 11.6. The predicted octanol–water partition coefficient (Wildman–Crippen LogP) is 3.03. The second-order valence-electron chi connectivity index (χ2n) is 6.11. The van der Waals surface area contributed by atoms with Gasteiger partial charge >= 0.3 is 0 Å². The summed E-state index contributed by atoms with van der Waals surface area (Å²) < 4.78 is 0. The zero-order chi connectivity index (χ0) is 12.0. The molecule has 2 fully saturated rings. The molecule has 0 aromatic rings. The maximum absolute atomic E-state index is 3.42. The van der Waals surface area contributed by atoms with Gasteiger partial charge in [-0.05, 0) is 70.2 Å². The Morgan fingerprint density at radius 3 is 2.35 bits per heavy atom. The molecule has 17 heavy (non-hydrogen) atoms. The summed E-state index contributed by atoms with van der Waals surface area (Å²) >= 11 is 0. The highest BCUT2D eigenvalue weighted by molar-refractivity contribution is 4.88. The molecular weight excluding hydrogens is 208 g/mol. The zero-order valence-corrected chi connectivity index (χ0v) is 11.6. The van der Waals surface area contributed by atoms with E-state index >= 15 is 0 Å². The molecule has 2 nitrogen and oxygen atoms in total. The van der Waals surface area contributed by atoms with Crippen LogP contribution >= 0.6 is 0 Å². The van der Waals surface area contributed by atoms with Gasteiger partial charge in [-0.1, -0.05) is 26.2 Å². The Labute approximate surface area is 107 Å². The molecule has 0 bridgehead atoms. The van der Waals surface area contributed by atoms with Crippen LogP contribution in [0.4, 0.5) is 0 Å². The van der Waals surface area contributed by atoms with Gasteiger partial charge in [0.2, 0.25) is 0 Å². The molecule has 2 heteroatoms. The number of nitrogens with one attached hydrogen (secondary N) is 1. The molecule has 1 aliphatic carbocycles. The van der Waals surface area contributed by atoms with Gasteiger partial charge in [0.15, 0.2) is 0 Å². The third-order valence-corrected chi connectivity index (χ3v) is 4.91. The summed E-state index contributed by atoms with van der Waals surface area (Å²) in [6, 6.07) is 0. The highest BCUT2D eigenvalue weighted by Crippen LogP contribution is 2.44. The molecule has 1 saturated carbocycles. The van der Waals surface area contributed by atoms with Crippen LogP contribution in [0.25, 0.3) is 0 Å². The average molecular weight is 238 g/mol. The number of rotatable bonds is 5. The van der Waals surface area contributed by atoms with E-state index in [4.69, 9.17) is 0 Å². The van der Waals surface area contributed by atoms with Crippen LogP contribution in [0.1, 0.15) is 58.3 Å². The molecule has 0 radical (unpaired) electrons. The minimum Gasteiger partial charge on any atom is -0.317 e. The summed E-state index contributed by atoms with van der Waals surface area (Å²) in [5.74, 6) is 0. The van der Waals surface area contributed by atoms with Crippen molar-refractivity contribution in [2.45, 2.75) is 58.3 Å². The minimum atomic E-state index is 0.774. The molecule has 1 heterocycles. The Morgan fingerprint density at radius 2 is 1.71 bits per heavy atom. The number of hydrogen-bond donors (Lipinski definition) is 1. The molecule has 0 unspecified atom stereocenters. The lowest BCUT2D eigenvalue weighted by Gasteiger charge is -2.44. The lowest BCUT2D eigenvalue weighted by Crippen LogP contribution is -2.41. The minimum absolute atomic E-state index is 0.774. The molecule has 0 aromatic carbocycles. The van der Waals surface area contributed by atoms with Crippen molar-refractivity contribution in [1.82, 2.24) is 10.2 Å². The summed E-state index contributed by atoms with van der Waals surface area (Å²) in [6.07, 6.45) is 11.8. The van der Waals surface area contributed by atoms with Crippen molar-refractivity contribution in [3.05, 3.63) is 0 Å². The monoisotopic (exact) mass is 238 g/mol. The van der Waals surface area contributed by atoms with Crippen molar-refractivity contribution in [2.75, 3.05) is 32.7 Å². The molecule has 100 valence electrons. The molecule has 0 aromatic heterocycles. The lowest BCUT2D eigenvalue weighted by molar-refractivity contribution is 0.0674. The number of likely N-dealkylation sites (tertiary alicyclic amines) is 1. The maximum Gasteiger partial charge on any atom is -0.000663 e. The first-order valence-corrected chi connectivity index (χ1v) is 7.78. The molecule has 1 spiro atoms. The Balaban J connectivity index is 1.63. The second-order valence-corrected chi connectivity index (χ2v) is 6.11. The highest BCUT2D eigenvalue weighted by Gasteiger charge is 2.34. The summed E-state index contributed by atoms with van der Waals surface area (Å²) in [6.45, 7) is 8.54. The molecule has 1 saturated heterocycles. The maximum atomic E-state index is 3.42. The lowest BCUT2D eigenvalue weighted by atomic mass is 9.68. The van der Waals surface area contributed by atoms with Crippen molar-refractivity contribution in [3.63, 3.8) is 0 Å². The van der Waals surface area contributed by atoms with Crippen LogP contribution in [-0.4, -0.2) is 37.6 Å². The SMILES string of the molecule is CCNCCCN1CCC2(CCCCC2)CC1. The van der Waals surface area contributed by atoms with Gasteiger partial charge in [0.05, 0.1) is 0 Å². The van der Waals surface area contributed by atoms with Crippen LogP contribution < -0.4 is 5.32 Å². The van der Waals surface area contributed by atoms with Crippen molar-refractivity contribution >= 4 is 0 Å². The fraction of sp³-hybridized carbons (Fsp3) is 1.00. The van der Waals surface area contributed by atoms with Gasteiger partial charge in [-0.2, -0.15) is 0 Å². The standard InChI is InChI=1S/C15H30N2/c1-2-16-11-6-12-17-13-9-15(10-14-17)7-4-3-5-8-15/h16H,2-14H2,1H3. The fourth-order valence-electron chi connectivity index (χ4n) is 3.66. The molecule has 0 amide bonds. The van der Waals surface area contributed by atoms with Crippen LogP contribution in [0.15, 0.2) is 0 Å². The third-order valence-electron chi connectivity index (χ3n) is 4.91. The van der Waals surface area contributed by atoms with E-state index in [2.05, 4.69) is 17.1 Å². The predicted molar refractivity (Wildman–Crippen MR) is 74.4 cm³/mol. The number of piperidine rings is 1. The quantitative estimate of drug-likeness (QED) is 0.741. The first kappa shape index (κ1) is 13.4. The van der Waals surface area contributed by atoms with Gasteiger partial charge in [-0.25, -0.2) is 0 Å². The van der Waals surface area contributed by atoms with Crippen molar-refractivity contribution in [2.24, 2.45) is 5.41 Å². The van der Waals surface area contributed by atoms with Crippen molar-refractivity contribution < 1.29 is 0 Å². The van der Waals surface area contributed by atoms with Gasteiger partial charge in [0, 0.05) is 0 Å². The Bertz CT molecular complexity index is 199. The fourth-order valence-corrected chi connectivity index (χ4v) is 3.66. The van der Waals surface area contributed by atoms with E-state index < -0.39 is 0 Å². The van der Waals surface area contributed by atoms with E-state index in [1.807, 2.05) is 0 Å². The topological polar surface area (TPSA) is 15.3 Å². The van der Waals surface area contributed by atoms with Crippen molar-refractivity contribution in [1.29, 1.82) is 0 Å². The third kappa shape index (κ3) is 3.96. The molecule has 2 aliphatic rings. The summed E-state index contributed by atoms with van der Waals surface area (Å²) in [5, 5.41) is 3.42.